The molecule has 4 fully saturated rings. The Balaban J connectivity index is 1.50. The van der Waals surface area contributed by atoms with Crippen LogP contribution in [0, 0.1) is 0 Å². The first kappa shape index (κ1) is 34.1. The van der Waals surface area contributed by atoms with E-state index in [0.29, 0.717) is 0 Å². The average molecular weight is 615 g/mol. The second kappa shape index (κ2) is 14.1. The molecule has 0 radical (unpaired) electrons. The van der Waals surface area contributed by atoms with Gasteiger partial charge < -0.3 is 98.6 Å². The summed E-state index contributed by atoms with van der Waals surface area (Å²) in [5, 5.41) is 73.0. The van der Waals surface area contributed by atoms with Gasteiger partial charge in [-0.25, -0.2) is 0 Å². The lowest BCUT2D eigenvalue weighted by Crippen LogP contribution is -2.68. The van der Waals surface area contributed by atoms with Gasteiger partial charge in [0.05, 0.1) is 24.8 Å². The second-order valence-electron chi connectivity index (χ2n) is 11.2. The van der Waals surface area contributed by atoms with Gasteiger partial charge in [-0.2, -0.15) is 0 Å². The van der Waals surface area contributed by atoms with E-state index in [1.165, 1.54) is 0 Å². The summed E-state index contributed by atoms with van der Waals surface area (Å²) >= 11 is 0. The SMILES string of the molecule is NC[C@@H]1OC(O[C@H]2[C@@H](O)[C@H](O[C@@H]3[C@@H](O)[C@H](N)C[C@H](N)[C@H]3OC3O[C@H](CN)[C@@H](O)[C@H](O)[C@H]3N)O[C@@H]2CO)[C@H](N)[C@@H](O)[C@@H]1O. The molecule has 4 rings (SSSR count). The minimum atomic E-state index is -1.60. The molecule has 0 aromatic carbocycles. The third-order valence-corrected chi connectivity index (χ3v) is 8.37. The van der Waals surface area contributed by atoms with Crippen molar-refractivity contribution >= 4 is 0 Å². The van der Waals surface area contributed by atoms with E-state index in [1.54, 1.807) is 0 Å². The Morgan fingerprint density at radius 3 is 1.45 bits per heavy atom. The van der Waals surface area contributed by atoms with Crippen LogP contribution in [0.3, 0.4) is 0 Å². The maximum absolute atomic E-state index is 11.1. The van der Waals surface area contributed by atoms with Crippen LogP contribution in [-0.4, -0.2) is 172 Å². The molecule has 246 valence electrons. The maximum atomic E-state index is 11.1. The first-order chi connectivity index (χ1) is 19.8. The van der Waals surface area contributed by atoms with E-state index in [-0.39, 0.29) is 19.5 Å². The van der Waals surface area contributed by atoms with E-state index < -0.39 is 123 Å². The molecule has 19 N–H and O–H groups in total. The van der Waals surface area contributed by atoms with Crippen molar-refractivity contribution in [1.29, 1.82) is 0 Å². The number of aliphatic hydroxyl groups is 7. The van der Waals surface area contributed by atoms with Crippen molar-refractivity contribution in [3.05, 3.63) is 0 Å². The van der Waals surface area contributed by atoms with Gasteiger partial charge in [0.1, 0.15) is 67.1 Å². The van der Waals surface area contributed by atoms with Crippen molar-refractivity contribution in [1.82, 2.24) is 0 Å². The molecule has 1 saturated carbocycles. The summed E-state index contributed by atoms with van der Waals surface area (Å²) in [6.07, 6.45) is -19.8. The number of rotatable bonds is 9. The van der Waals surface area contributed by atoms with Gasteiger partial charge in [-0.1, -0.05) is 0 Å². The monoisotopic (exact) mass is 614 g/mol. The molecule has 19 atom stereocenters. The lowest BCUT2D eigenvalue weighted by Gasteiger charge is -2.47. The quantitative estimate of drug-likeness (QED) is 0.115. The zero-order valence-corrected chi connectivity index (χ0v) is 22.8. The van der Waals surface area contributed by atoms with Gasteiger partial charge in [-0.05, 0) is 6.42 Å². The smallest absolute Gasteiger partial charge is 0.187 e. The van der Waals surface area contributed by atoms with E-state index in [2.05, 4.69) is 0 Å². The van der Waals surface area contributed by atoms with Crippen molar-refractivity contribution in [3.63, 3.8) is 0 Å². The van der Waals surface area contributed by atoms with E-state index in [4.69, 9.17) is 62.8 Å². The molecule has 0 spiro atoms. The van der Waals surface area contributed by atoms with Crippen LogP contribution in [0.2, 0.25) is 0 Å². The van der Waals surface area contributed by atoms with Gasteiger partial charge >= 0.3 is 0 Å². The Labute approximate surface area is 241 Å². The zero-order chi connectivity index (χ0) is 31.0. The topological polar surface area (TPSA) is 353 Å². The number of hydrogen-bond acceptors (Lipinski definition) is 19. The van der Waals surface area contributed by atoms with Gasteiger partial charge in [0.2, 0.25) is 0 Å². The first-order valence-electron chi connectivity index (χ1n) is 13.9. The Kier molecular flexibility index (Phi) is 11.5. The van der Waals surface area contributed by atoms with Gasteiger partial charge in [-0.3, -0.25) is 0 Å². The molecule has 0 amide bonds. The highest BCUT2D eigenvalue weighted by Gasteiger charge is 2.54. The molecule has 2 unspecified atom stereocenters. The molecule has 0 bridgehead atoms. The summed E-state index contributed by atoms with van der Waals surface area (Å²) in [6, 6.07) is -4.18. The molecule has 3 saturated heterocycles. The standard InChI is InChI=1S/C23H46N6O13/c24-2-7-13(32)15(34)10(28)21(37-7)40-18-6(27)1-5(26)12(31)20(18)42-23-17(36)19(9(4-30)39-23)41-22-11(29)16(35)14(33)8(3-25)38-22/h5-23,30-36H,1-4,24-29H2/t5-,6+,7-,8+,9-,10-,11-,12+,13-,14-,15-,16-,17-,18-,19-,20-,21?,22?,23+/m1/s1. The molecule has 4 aliphatic rings. The van der Waals surface area contributed by atoms with Crippen molar-refractivity contribution in [2.75, 3.05) is 19.7 Å². The second-order valence-corrected chi connectivity index (χ2v) is 11.2. The maximum Gasteiger partial charge on any atom is 0.187 e. The molecule has 19 heteroatoms. The summed E-state index contributed by atoms with van der Waals surface area (Å²) in [4.78, 5) is 0. The Hall–Kier alpha value is -0.760. The van der Waals surface area contributed by atoms with Gasteiger partial charge in [0.15, 0.2) is 18.9 Å². The predicted octanol–water partition coefficient (Wildman–Crippen LogP) is -8.90. The number of hydrogen-bond donors (Lipinski definition) is 13. The molecule has 0 aromatic heterocycles. The van der Waals surface area contributed by atoms with Crippen LogP contribution in [-0.2, 0) is 28.4 Å². The molecule has 0 aromatic rings. The van der Waals surface area contributed by atoms with Crippen LogP contribution in [0.25, 0.3) is 0 Å². The molecule has 19 nitrogen and oxygen atoms in total. The van der Waals surface area contributed by atoms with Crippen LogP contribution >= 0.6 is 0 Å². The largest absolute Gasteiger partial charge is 0.394 e. The van der Waals surface area contributed by atoms with Crippen LogP contribution in [0.15, 0.2) is 0 Å². The molecule has 1 aliphatic carbocycles. The van der Waals surface area contributed by atoms with E-state index in [9.17, 15) is 35.7 Å². The molecular formula is C23H46N6O13. The highest BCUT2D eigenvalue weighted by atomic mass is 16.8. The van der Waals surface area contributed by atoms with Crippen molar-refractivity contribution in [2.45, 2.75) is 123 Å². The summed E-state index contributed by atoms with van der Waals surface area (Å²) in [7, 11) is 0. The fraction of sp³-hybridized carbons (Fsp3) is 1.00. The lowest BCUT2D eigenvalue weighted by atomic mass is 9.84. The first-order valence-corrected chi connectivity index (χ1v) is 13.9. The van der Waals surface area contributed by atoms with Crippen LogP contribution < -0.4 is 34.4 Å². The summed E-state index contributed by atoms with van der Waals surface area (Å²) in [6.45, 7) is -0.967. The van der Waals surface area contributed by atoms with Crippen LogP contribution in [0.1, 0.15) is 6.42 Å². The highest BCUT2D eigenvalue weighted by molar-refractivity contribution is 5.02. The van der Waals surface area contributed by atoms with E-state index in [1.807, 2.05) is 0 Å². The number of ether oxygens (including phenoxy) is 6. The number of nitrogens with two attached hydrogens (primary N) is 6. The molecule has 42 heavy (non-hydrogen) atoms. The predicted molar refractivity (Wildman–Crippen MR) is 138 cm³/mol. The molecular weight excluding hydrogens is 568 g/mol. The Morgan fingerprint density at radius 2 is 0.976 bits per heavy atom. The third kappa shape index (κ3) is 6.60. The summed E-state index contributed by atoms with van der Waals surface area (Å²) < 4.78 is 34.6. The van der Waals surface area contributed by atoms with E-state index in [0.717, 1.165) is 0 Å². The highest BCUT2D eigenvalue weighted by Crippen LogP contribution is 2.34. The molecule has 3 aliphatic heterocycles. The molecule has 3 heterocycles. The minimum Gasteiger partial charge on any atom is -0.394 e. The van der Waals surface area contributed by atoms with E-state index >= 15 is 0 Å². The fourth-order valence-corrected chi connectivity index (χ4v) is 5.74. The van der Waals surface area contributed by atoms with Crippen molar-refractivity contribution in [3.8, 4) is 0 Å². The Morgan fingerprint density at radius 1 is 0.524 bits per heavy atom. The summed E-state index contributed by atoms with van der Waals surface area (Å²) in [5.41, 5.74) is 35.6. The lowest BCUT2D eigenvalue weighted by molar-refractivity contribution is -0.306. The van der Waals surface area contributed by atoms with Crippen LogP contribution in [0.4, 0.5) is 0 Å². The van der Waals surface area contributed by atoms with Gasteiger partial charge in [-0.15, -0.1) is 0 Å². The zero-order valence-electron chi connectivity index (χ0n) is 22.8. The summed E-state index contributed by atoms with van der Waals surface area (Å²) in [5.74, 6) is 0. The van der Waals surface area contributed by atoms with Crippen LogP contribution in [0.5, 0.6) is 0 Å². The van der Waals surface area contributed by atoms with Gasteiger partial charge in [0, 0.05) is 25.2 Å². The van der Waals surface area contributed by atoms with Gasteiger partial charge in [0.25, 0.3) is 0 Å². The number of aliphatic hydroxyl groups excluding tert-OH is 7. The minimum absolute atomic E-state index is 0.0889. The fourth-order valence-electron chi connectivity index (χ4n) is 5.74. The van der Waals surface area contributed by atoms with Crippen molar-refractivity contribution < 1.29 is 64.2 Å². The normalized spacial score (nSPS) is 53.8. The average Bonchev–Trinajstić information content (AvgIpc) is 3.27. The third-order valence-electron chi connectivity index (χ3n) is 8.37. The van der Waals surface area contributed by atoms with Crippen molar-refractivity contribution in [2.24, 2.45) is 34.4 Å². The Bertz CT molecular complexity index is 868.